The summed E-state index contributed by atoms with van der Waals surface area (Å²) in [5, 5.41) is 9.16. The third-order valence-electron chi connectivity index (χ3n) is 4.75. The second-order valence-electron chi connectivity index (χ2n) is 6.35. The van der Waals surface area contributed by atoms with Crippen LogP contribution in [0.5, 0.6) is 0 Å². The molecule has 0 spiro atoms. The molecule has 1 heterocycles. The monoisotopic (exact) mass is 253 g/mol. The summed E-state index contributed by atoms with van der Waals surface area (Å²) >= 11 is 0. The Hall–Kier alpha value is -0.570. The molecule has 0 aromatic heterocycles. The van der Waals surface area contributed by atoms with Gasteiger partial charge in [-0.05, 0) is 24.7 Å². The van der Waals surface area contributed by atoms with E-state index < -0.39 is 5.97 Å². The van der Waals surface area contributed by atoms with Crippen molar-refractivity contribution in [3.63, 3.8) is 0 Å². The van der Waals surface area contributed by atoms with E-state index in [1.54, 1.807) is 0 Å². The lowest BCUT2D eigenvalue weighted by molar-refractivity contribution is -0.142. The molecular weight excluding hydrogens is 226 g/mol. The molecule has 2 atom stereocenters. The molecule has 0 radical (unpaired) electrons. The average Bonchev–Trinajstić information content (AvgIpc) is 2.63. The van der Waals surface area contributed by atoms with Crippen LogP contribution in [0.15, 0.2) is 0 Å². The molecular formula is C15H27NO2. The molecule has 2 fully saturated rings. The number of carbonyl (C=O) groups is 1. The first-order chi connectivity index (χ1) is 8.66. The van der Waals surface area contributed by atoms with Crippen molar-refractivity contribution in [1.82, 2.24) is 4.90 Å². The van der Waals surface area contributed by atoms with E-state index in [0.717, 1.165) is 25.6 Å². The van der Waals surface area contributed by atoms with Crippen LogP contribution >= 0.6 is 0 Å². The summed E-state index contributed by atoms with van der Waals surface area (Å²) in [5.74, 6) is 0.377. The van der Waals surface area contributed by atoms with Gasteiger partial charge in [0.15, 0.2) is 0 Å². The minimum Gasteiger partial charge on any atom is -0.481 e. The summed E-state index contributed by atoms with van der Waals surface area (Å²) in [5.41, 5.74) is 0. The Morgan fingerprint density at radius 3 is 2.28 bits per heavy atom. The minimum absolute atomic E-state index is 0.140. The Morgan fingerprint density at radius 1 is 1.11 bits per heavy atom. The van der Waals surface area contributed by atoms with E-state index in [1.807, 2.05) is 0 Å². The fourth-order valence-corrected chi connectivity index (χ4v) is 3.63. The zero-order chi connectivity index (χ0) is 13.0. The number of carboxylic acid groups (broad SMARTS) is 1. The van der Waals surface area contributed by atoms with Gasteiger partial charge < -0.3 is 10.0 Å². The first-order valence-electron chi connectivity index (χ1n) is 7.62. The van der Waals surface area contributed by atoms with Crippen molar-refractivity contribution in [2.45, 2.75) is 51.9 Å². The molecule has 1 aliphatic carbocycles. The van der Waals surface area contributed by atoms with Crippen molar-refractivity contribution in [1.29, 1.82) is 0 Å². The van der Waals surface area contributed by atoms with Crippen LogP contribution in [0.25, 0.3) is 0 Å². The second kappa shape index (κ2) is 6.55. The van der Waals surface area contributed by atoms with Gasteiger partial charge in [-0.1, -0.05) is 39.0 Å². The Balaban J connectivity index is 1.80. The highest BCUT2D eigenvalue weighted by Gasteiger charge is 2.35. The molecule has 0 aromatic rings. The van der Waals surface area contributed by atoms with E-state index in [-0.39, 0.29) is 5.92 Å². The molecule has 0 amide bonds. The molecule has 1 N–H and O–H groups in total. The molecule has 0 unspecified atom stereocenters. The maximum Gasteiger partial charge on any atom is 0.308 e. The number of hydrogen-bond donors (Lipinski definition) is 1. The molecule has 0 bridgehead atoms. The van der Waals surface area contributed by atoms with E-state index in [9.17, 15) is 4.79 Å². The lowest BCUT2D eigenvalue weighted by atomic mass is 9.91. The minimum atomic E-state index is -0.609. The maximum absolute atomic E-state index is 11.1. The van der Waals surface area contributed by atoms with Gasteiger partial charge in [0.2, 0.25) is 0 Å². The summed E-state index contributed by atoms with van der Waals surface area (Å²) in [6.07, 6.45) is 9.64. The van der Waals surface area contributed by atoms with Crippen LogP contribution < -0.4 is 0 Å². The predicted octanol–water partition coefficient (Wildman–Crippen LogP) is 3.00. The van der Waals surface area contributed by atoms with Gasteiger partial charge in [-0.3, -0.25) is 4.79 Å². The fraction of sp³-hybridized carbons (Fsp3) is 0.933. The Labute approximate surface area is 111 Å². The number of likely N-dealkylation sites (tertiary alicyclic amines) is 1. The quantitative estimate of drug-likeness (QED) is 0.840. The number of hydrogen-bond acceptors (Lipinski definition) is 2. The van der Waals surface area contributed by atoms with Crippen LogP contribution in [0, 0.1) is 17.8 Å². The molecule has 2 rings (SSSR count). The highest BCUT2D eigenvalue weighted by Crippen LogP contribution is 2.28. The van der Waals surface area contributed by atoms with Gasteiger partial charge in [0.05, 0.1) is 5.92 Å². The van der Waals surface area contributed by atoms with Gasteiger partial charge in [0, 0.05) is 19.6 Å². The van der Waals surface area contributed by atoms with Crippen molar-refractivity contribution >= 4 is 5.97 Å². The van der Waals surface area contributed by atoms with Crippen molar-refractivity contribution in [2.24, 2.45) is 17.8 Å². The SMILES string of the molecule is C[C@@H]1CN(CC2CCCCCCC2)C[C@H]1C(=O)O. The second-order valence-corrected chi connectivity index (χ2v) is 6.35. The Kier molecular flexibility index (Phi) is 5.04. The van der Waals surface area contributed by atoms with E-state index >= 15 is 0 Å². The molecule has 3 nitrogen and oxygen atoms in total. The van der Waals surface area contributed by atoms with E-state index in [1.165, 1.54) is 44.9 Å². The Bertz CT molecular complexity index is 272. The van der Waals surface area contributed by atoms with Gasteiger partial charge in [-0.15, -0.1) is 0 Å². The average molecular weight is 253 g/mol. The zero-order valence-corrected chi connectivity index (χ0v) is 11.6. The summed E-state index contributed by atoms with van der Waals surface area (Å²) in [7, 11) is 0. The van der Waals surface area contributed by atoms with Crippen LogP contribution in [-0.2, 0) is 4.79 Å². The van der Waals surface area contributed by atoms with E-state index in [4.69, 9.17) is 5.11 Å². The lowest BCUT2D eigenvalue weighted by Crippen LogP contribution is -2.29. The largest absolute Gasteiger partial charge is 0.481 e. The molecule has 1 aliphatic heterocycles. The van der Waals surface area contributed by atoms with Gasteiger partial charge in [-0.25, -0.2) is 0 Å². The number of nitrogens with zero attached hydrogens (tertiary/aromatic N) is 1. The summed E-state index contributed by atoms with van der Waals surface area (Å²) in [4.78, 5) is 13.5. The first-order valence-corrected chi connectivity index (χ1v) is 7.62. The van der Waals surface area contributed by atoms with Gasteiger partial charge >= 0.3 is 5.97 Å². The van der Waals surface area contributed by atoms with Crippen LogP contribution in [0.2, 0.25) is 0 Å². The van der Waals surface area contributed by atoms with Gasteiger partial charge in [0.1, 0.15) is 0 Å². The van der Waals surface area contributed by atoms with Crippen molar-refractivity contribution in [3.8, 4) is 0 Å². The fourth-order valence-electron chi connectivity index (χ4n) is 3.63. The maximum atomic E-state index is 11.1. The molecule has 104 valence electrons. The van der Waals surface area contributed by atoms with Crippen molar-refractivity contribution < 1.29 is 9.90 Å². The van der Waals surface area contributed by atoms with Crippen LogP contribution in [0.4, 0.5) is 0 Å². The normalized spacial score (nSPS) is 32.1. The summed E-state index contributed by atoms with van der Waals surface area (Å²) < 4.78 is 0. The lowest BCUT2D eigenvalue weighted by Gasteiger charge is -2.25. The predicted molar refractivity (Wildman–Crippen MR) is 72.5 cm³/mol. The highest BCUT2D eigenvalue weighted by atomic mass is 16.4. The van der Waals surface area contributed by atoms with Crippen LogP contribution in [-0.4, -0.2) is 35.6 Å². The summed E-state index contributed by atoms with van der Waals surface area (Å²) in [6.45, 7) is 4.96. The van der Waals surface area contributed by atoms with Gasteiger partial charge in [0.25, 0.3) is 0 Å². The van der Waals surface area contributed by atoms with E-state index in [0.29, 0.717) is 5.92 Å². The first kappa shape index (κ1) is 13.9. The van der Waals surface area contributed by atoms with Crippen LogP contribution in [0.3, 0.4) is 0 Å². The molecule has 1 saturated heterocycles. The van der Waals surface area contributed by atoms with Crippen molar-refractivity contribution in [3.05, 3.63) is 0 Å². The number of rotatable bonds is 3. The number of carboxylic acids is 1. The molecule has 0 aromatic carbocycles. The van der Waals surface area contributed by atoms with Crippen molar-refractivity contribution in [2.75, 3.05) is 19.6 Å². The Morgan fingerprint density at radius 2 is 1.72 bits per heavy atom. The standard InChI is InChI=1S/C15H27NO2/c1-12-9-16(11-14(12)15(17)18)10-13-7-5-3-2-4-6-8-13/h12-14H,2-11H2,1H3,(H,17,18)/t12-,14-/m1/s1. The van der Waals surface area contributed by atoms with Gasteiger partial charge in [-0.2, -0.15) is 0 Å². The number of aliphatic carboxylic acids is 1. The molecule has 18 heavy (non-hydrogen) atoms. The third-order valence-corrected chi connectivity index (χ3v) is 4.75. The summed E-state index contributed by atoms with van der Waals surface area (Å²) in [6, 6.07) is 0. The third kappa shape index (κ3) is 3.71. The molecule has 3 heteroatoms. The smallest absolute Gasteiger partial charge is 0.308 e. The van der Waals surface area contributed by atoms with E-state index in [2.05, 4.69) is 11.8 Å². The molecule has 1 saturated carbocycles. The molecule has 2 aliphatic rings. The highest BCUT2D eigenvalue weighted by molar-refractivity contribution is 5.71. The van der Waals surface area contributed by atoms with Crippen LogP contribution in [0.1, 0.15) is 51.9 Å². The topological polar surface area (TPSA) is 40.5 Å². The zero-order valence-electron chi connectivity index (χ0n) is 11.6.